The molecule has 1 atom stereocenters. The summed E-state index contributed by atoms with van der Waals surface area (Å²) in [5.74, 6) is 0. The zero-order chi connectivity index (χ0) is 14.5. The van der Waals surface area contributed by atoms with Gasteiger partial charge in [0.15, 0.2) is 0 Å². The van der Waals surface area contributed by atoms with Crippen LogP contribution in [0.2, 0.25) is 5.28 Å². The number of hydrogen-bond acceptors (Lipinski definition) is 6. The van der Waals surface area contributed by atoms with Crippen molar-refractivity contribution >= 4 is 11.6 Å². The molecule has 1 aromatic heterocycles. The summed E-state index contributed by atoms with van der Waals surface area (Å²) < 4.78 is 11.1. The van der Waals surface area contributed by atoms with E-state index in [0.29, 0.717) is 12.6 Å². The lowest BCUT2D eigenvalue weighted by Gasteiger charge is -2.31. The van der Waals surface area contributed by atoms with Gasteiger partial charge in [-0.1, -0.05) is 6.42 Å². The SMILES string of the molecule is CC(C)Oc1nc(Cl)nc(OCC2CCCCN2C)n1. The largest absolute Gasteiger partial charge is 0.462 e. The maximum absolute atomic E-state index is 5.85. The Kier molecular flexibility index (Phi) is 5.37. The fraction of sp³-hybridized carbons (Fsp3) is 0.769. The van der Waals surface area contributed by atoms with Crippen molar-refractivity contribution in [1.29, 1.82) is 0 Å². The van der Waals surface area contributed by atoms with Crippen LogP contribution in [0.4, 0.5) is 0 Å². The van der Waals surface area contributed by atoms with Crippen LogP contribution in [0.25, 0.3) is 0 Å². The van der Waals surface area contributed by atoms with Crippen LogP contribution in [-0.4, -0.2) is 52.2 Å². The lowest BCUT2D eigenvalue weighted by atomic mass is 10.0. The van der Waals surface area contributed by atoms with Gasteiger partial charge in [0.05, 0.1) is 6.10 Å². The first-order chi connectivity index (χ1) is 9.54. The fourth-order valence-electron chi connectivity index (χ4n) is 2.17. The molecular formula is C13H21ClN4O2. The summed E-state index contributed by atoms with van der Waals surface area (Å²) in [5, 5.41) is 0.0858. The first-order valence-electron chi connectivity index (χ1n) is 6.96. The molecule has 2 rings (SSSR count). The average Bonchev–Trinajstić information content (AvgIpc) is 2.36. The number of hydrogen-bond donors (Lipinski definition) is 0. The van der Waals surface area contributed by atoms with Crippen LogP contribution < -0.4 is 9.47 Å². The Bertz CT molecular complexity index is 444. The van der Waals surface area contributed by atoms with E-state index in [1.807, 2.05) is 13.8 Å². The number of piperidine rings is 1. The molecule has 0 spiro atoms. The van der Waals surface area contributed by atoms with Crippen molar-refractivity contribution in [2.24, 2.45) is 0 Å². The predicted octanol–water partition coefficient (Wildman–Crippen LogP) is 2.18. The van der Waals surface area contributed by atoms with Gasteiger partial charge in [-0.15, -0.1) is 4.98 Å². The van der Waals surface area contributed by atoms with Gasteiger partial charge in [-0.05, 0) is 51.9 Å². The zero-order valence-electron chi connectivity index (χ0n) is 12.2. The van der Waals surface area contributed by atoms with Crippen molar-refractivity contribution in [3.05, 3.63) is 5.28 Å². The molecule has 0 amide bonds. The Morgan fingerprint density at radius 2 is 2.00 bits per heavy atom. The van der Waals surface area contributed by atoms with Crippen molar-refractivity contribution in [1.82, 2.24) is 19.9 Å². The van der Waals surface area contributed by atoms with E-state index in [1.165, 1.54) is 12.8 Å². The van der Waals surface area contributed by atoms with E-state index in [4.69, 9.17) is 21.1 Å². The first-order valence-corrected chi connectivity index (χ1v) is 7.33. The minimum atomic E-state index is -0.0224. The molecule has 0 aromatic carbocycles. The van der Waals surface area contributed by atoms with Crippen LogP contribution in [0.3, 0.4) is 0 Å². The molecule has 1 fully saturated rings. The molecule has 0 bridgehead atoms. The van der Waals surface area contributed by atoms with Crippen molar-refractivity contribution in [3.63, 3.8) is 0 Å². The molecule has 1 aliphatic heterocycles. The van der Waals surface area contributed by atoms with E-state index in [0.717, 1.165) is 13.0 Å². The van der Waals surface area contributed by atoms with Gasteiger partial charge in [-0.25, -0.2) is 0 Å². The molecule has 112 valence electrons. The third kappa shape index (κ3) is 4.45. The Labute approximate surface area is 124 Å². The molecule has 20 heavy (non-hydrogen) atoms. The van der Waals surface area contributed by atoms with Crippen LogP contribution >= 0.6 is 11.6 Å². The van der Waals surface area contributed by atoms with Gasteiger partial charge in [-0.3, -0.25) is 0 Å². The molecule has 1 saturated heterocycles. The van der Waals surface area contributed by atoms with Gasteiger partial charge in [0.2, 0.25) is 5.28 Å². The maximum Gasteiger partial charge on any atom is 0.324 e. The zero-order valence-corrected chi connectivity index (χ0v) is 12.9. The van der Waals surface area contributed by atoms with Gasteiger partial charge in [-0.2, -0.15) is 9.97 Å². The normalized spacial score (nSPS) is 20.1. The summed E-state index contributed by atoms with van der Waals surface area (Å²) in [6, 6.07) is 0.820. The second-order valence-corrected chi connectivity index (χ2v) is 5.62. The highest BCUT2D eigenvalue weighted by atomic mass is 35.5. The van der Waals surface area contributed by atoms with E-state index < -0.39 is 0 Å². The van der Waals surface area contributed by atoms with Crippen LogP contribution in [0.1, 0.15) is 33.1 Å². The van der Waals surface area contributed by atoms with Crippen molar-refractivity contribution < 1.29 is 9.47 Å². The number of rotatable bonds is 5. The Hall–Kier alpha value is -1.14. The minimum Gasteiger partial charge on any atom is -0.462 e. The van der Waals surface area contributed by atoms with Crippen molar-refractivity contribution in [3.8, 4) is 12.0 Å². The number of aromatic nitrogens is 3. The molecule has 1 unspecified atom stereocenters. The third-order valence-electron chi connectivity index (χ3n) is 3.23. The molecule has 1 aromatic rings. The predicted molar refractivity (Wildman–Crippen MR) is 76.4 cm³/mol. The molecule has 6 nitrogen and oxygen atoms in total. The van der Waals surface area contributed by atoms with E-state index in [2.05, 4.69) is 26.9 Å². The van der Waals surface area contributed by atoms with Gasteiger partial charge < -0.3 is 14.4 Å². The number of nitrogens with zero attached hydrogens (tertiary/aromatic N) is 4. The molecule has 0 saturated carbocycles. The van der Waals surface area contributed by atoms with Gasteiger partial charge in [0, 0.05) is 6.04 Å². The number of halogens is 1. The standard InChI is InChI=1S/C13H21ClN4O2/c1-9(2)20-13-16-11(14)15-12(17-13)19-8-10-6-4-5-7-18(10)3/h9-10H,4-8H2,1-3H3. The first kappa shape index (κ1) is 15.3. The molecular weight excluding hydrogens is 280 g/mol. The summed E-state index contributed by atoms with van der Waals surface area (Å²) >= 11 is 5.85. The summed E-state index contributed by atoms with van der Waals surface area (Å²) in [6.07, 6.45) is 3.59. The number of likely N-dealkylation sites (N-methyl/N-ethyl adjacent to an activating group) is 1. The highest BCUT2D eigenvalue weighted by molar-refractivity contribution is 6.28. The van der Waals surface area contributed by atoms with Crippen LogP contribution in [0, 0.1) is 0 Å². The number of ether oxygens (including phenoxy) is 2. The Morgan fingerprint density at radius 3 is 2.70 bits per heavy atom. The molecule has 2 heterocycles. The van der Waals surface area contributed by atoms with Gasteiger partial charge in [0.25, 0.3) is 0 Å². The summed E-state index contributed by atoms with van der Waals surface area (Å²) in [4.78, 5) is 14.3. The summed E-state index contributed by atoms with van der Waals surface area (Å²) in [5.41, 5.74) is 0. The lowest BCUT2D eigenvalue weighted by molar-refractivity contribution is 0.118. The van der Waals surface area contributed by atoms with Crippen LogP contribution in [-0.2, 0) is 0 Å². The summed E-state index contributed by atoms with van der Waals surface area (Å²) in [6.45, 7) is 5.45. The highest BCUT2D eigenvalue weighted by Crippen LogP contribution is 2.18. The van der Waals surface area contributed by atoms with E-state index >= 15 is 0 Å². The topological polar surface area (TPSA) is 60.4 Å². The molecule has 7 heteroatoms. The quantitative estimate of drug-likeness (QED) is 0.830. The Balaban J connectivity index is 1.96. The second-order valence-electron chi connectivity index (χ2n) is 5.28. The highest BCUT2D eigenvalue weighted by Gasteiger charge is 2.20. The maximum atomic E-state index is 5.85. The molecule has 0 radical (unpaired) electrons. The van der Waals surface area contributed by atoms with Crippen molar-refractivity contribution in [2.75, 3.05) is 20.2 Å². The van der Waals surface area contributed by atoms with Gasteiger partial charge >= 0.3 is 12.0 Å². The number of likely N-dealkylation sites (tertiary alicyclic amines) is 1. The van der Waals surface area contributed by atoms with Crippen LogP contribution in [0.5, 0.6) is 12.0 Å². The monoisotopic (exact) mass is 300 g/mol. The van der Waals surface area contributed by atoms with E-state index in [-0.39, 0.29) is 23.4 Å². The molecule has 1 aliphatic rings. The fourth-order valence-corrected chi connectivity index (χ4v) is 2.31. The van der Waals surface area contributed by atoms with Crippen molar-refractivity contribution in [2.45, 2.75) is 45.3 Å². The Morgan fingerprint density at radius 1 is 1.25 bits per heavy atom. The lowest BCUT2D eigenvalue weighted by Crippen LogP contribution is -2.40. The average molecular weight is 301 g/mol. The smallest absolute Gasteiger partial charge is 0.324 e. The van der Waals surface area contributed by atoms with Gasteiger partial charge in [0.1, 0.15) is 6.61 Å². The molecule has 0 N–H and O–H groups in total. The summed E-state index contributed by atoms with van der Waals surface area (Å²) in [7, 11) is 2.11. The second kappa shape index (κ2) is 7.04. The minimum absolute atomic E-state index is 0.0224. The molecule has 0 aliphatic carbocycles. The van der Waals surface area contributed by atoms with Crippen LogP contribution in [0.15, 0.2) is 0 Å². The van der Waals surface area contributed by atoms with E-state index in [1.54, 1.807) is 0 Å². The third-order valence-corrected chi connectivity index (χ3v) is 3.40. The van der Waals surface area contributed by atoms with E-state index in [9.17, 15) is 0 Å².